The molecule has 0 bridgehead atoms. The van der Waals surface area contributed by atoms with E-state index in [1.54, 1.807) is 12.1 Å². The highest BCUT2D eigenvalue weighted by Gasteiger charge is 2.18. The third-order valence-corrected chi connectivity index (χ3v) is 4.25. The third kappa shape index (κ3) is 2.95. The van der Waals surface area contributed by atoms with Crippen LogP contribution in [0.1, 0.15) is 48.0 Å². The minimum absolute atomic E-state index is 0.151. The van der Waals surface area contributed by atoms with Gasteiger partial charge in [0.15, 0.2) is 6.29 Å². The average Bonchev–Trinajstić information content (AvgIpc) is 2.35. The lowest BCUT2D eigenvalue weighted by Gasteiger charge is -2.22. The zero-order chi connectivity index (χ0) is 12.3. The molecule has 0 amide bonds. The molecule has 1 aromatic rings. The second-order valence-electron chi connectivity index (χ2n) is 4.76. The molecule has 1 fully saturated rings. The Hall–Kier alpha value is -0.700. The number of carbonyl (C=O) groups excluding carboxylic acids is 1. The number of aldehydes is 1. The van der Waals surface area contributed by atoms with Crippen LogP contribution in [0, 0.1) is 11.7 Å². The van der Waals surface area contributed by atoms with Crippen molar-refractivity contribution in [3.8, 4) is 0 Å². The SMILES string of the molecule is O=Cc1c(Br)ccc(CC2CCCCC2)c1F. The van der Waals surface area contributed by atoms with E-state index >= 15 is 0 Å². The quantitative estimate of drug-likeness (QED) is 0.750. The molecule has 1 aromatic carbocycles. The van der Waals surface area contributed by atoms with Crippen LogP contribution in [-0.4, -0.2) is 6.29 Å². The van der Waals surface area contributed by atoms with Gasteiger partial charge in [-0.3, -0.25) is 4.79 Å². The lowest BCUT2D eigenvalue weighted by atomic mass is 9.84. The Labute approximate surface area is 110 Å². The number of benzene rings is 1. The first-order valence-corrected chi connectivity index (χ1v) is 6.93. The summed E-state index contributed by atoms with van der Waals surface area (Å²) in [6, 6.07) is 3.56. The molecule has 0 atom stereocenters. The van der Waals surface area contributed by atoms with Crippen molar-refractivity contribution in [1.82, 2.24) is 0 Å². The highest BCUT2D eigenvalue weighted by Crippen LogP contribution is 2.29. The second kappa shape index (κ2) is 5.76. The monoisotopic (exact) mass is 298 g/mol. The fourth-order valence-corrected chi connectivity index (χ4v) is 2.98. The Kier molecular flexibility index (Phi) is 4.32. The molecule has 1 aliphatic rings. The van der Waals surface area contributed by atoms with Crippen LogP contribution in [0.4, 0.5) is 4.39 Å². The molecule has 0 aromatic heterocycles. The van der Waals surface area contributed by atoms with E-state index < -0.39 is 0 Å². The molecule has 1 saturated carbocycles. The number of carbonyl (C=O) groups is 1. The van der Waals surface area contributed by atoms with Gasteiger partial charge in [0.25, 0.3) is 0 Å². The molecular formula is C14H16BrFO. The molecular weight excluding hydrogens is 283 g/mol. The molecule has 17 heavy (non-hydrogen) atoms. The second-order valence-corrected chi connectivity index (χ2v) is 5.61. The minimum Gasteiger partial charge on any atom is -0.298 e. The highest BCUT2D eigenvalue weighted by atomic mass is 79.9. The largest absolute Gasteiger partial charge is 0.298 e. The van der Waals surface area contributed by atoms with Crippen molar-refractivity contribution in [3.05, 3.63) is 33.5 Å². The Morgan fingerprint density at radius 1 is 1.29 bits per heavy atom. The smallest absolute Gasteiger partial charge is 0.154 e. The summed E-state index contributed by atoms with van der Waals surface area (Å²) in [4.78, 5) is 10.8. The number of halogens is 2. The summed E-state index contributed by atoms with van der Waals surface area (Å²) in [5.74, 6) is 0.235. The standard InChI is InChI=1S/C14H16BrFO/c15-13-7-6-11(14(16)12(13)9-17)8-10-4-2-1-3-5-10/h6-7,9-10H,1-5,8H2. The van der Waals surface area contributed by atoms with Crippen molar-refractivity contribution in [3.63, 3.8) is 0 Å². The van der Waals surface area contributed by atoms with Gasteiger partial charge in [0.2, 0.25) is 0 Å². The van der Waals surface area contributed by atoms with Gasteiger partial charge in [0, 0.05) is 4.47 Å². The molecule has 0 heterocycles. The van der Waals surface area contributed by atoms with Gasteiger partial charge in [-0.05, 0) is 39.9 Å². The van der Waals surface area contributed by atoms with Crippen LogP contribution in [0.2, 0.25) is 0 Å². The lowest BCUT2D eigenvalue weighted by molar-refractivity contribution is 0.111. The molecule has 0 aliphatic heterocycles. The molecule has 0 N–H and O–H groups in total. The van der Waals surface area contributed by atoms with Crippen LogP contribution in [-0.2, 0) is 6.42 Å². The van der Waals surface area contributed by atoms with Crippen LogP contribution >= 0.6 is 15.9 Å². The normalized spacial score (nSPS) is 17.1. The summed E-state index contributed by atoms with van der Waals surface area (Å²) in [5.41, 5.74) is 0.834. The van der Waals surface area contributed by atoms with E-state index in [4.69, 9.17) is 0 Å². The van der Waals surface area contributed by atoms with E-state index in [1.807, 2.05) is 0 Å². The Morgan fingerprint density at radius 3 is 2.65 bits per heavy atom. The molecule has 0 radical (unpaired) electrons. The average molecular weight is 299 g/mol. The molecule has 0 saturated heterocycles. The van der Waals surface area contributed by atoms with Crippen molar-refractivity contribution < 1.29 is 9.18 Å². The zero-order valence-electron chi connectivity index (χ0n) is 9.72. The van der Waals surface area contributed by atoms with Gasteiger partial charge < -0.3 is 0 Å². The first-order chi connectivity index (χ1) is 8.22. The lowest BCUT2D eigenvalue weighted by Crippen LogP contribution is -2.11. The van der Waals surface area contributed by atoms with Crippen LogP contribution in [0.25, 0.3) is 0 Å². The van der Waals surface area contributed by atoms with E-state index in [-0.39, 0.29) is 11.4 Å². The molecule has 1 nitrogen and oxygen atoms in total. The van der Waals surface area contributed by atoms with E-state index in [0.29, 0.717) is 22.2 Å². The topological polar surface area (TPSA) is 17.1 Å². The Balaban J connectivity index is 2.17. The van der Waals surface area contributed by atoms with Crippen molar-refractivity contribution in [1.29, 1.82) is 0 Å². The number of hydrogen-bond donors (Lipinski definition) is 0. The summed E-state index contributed by atoms with van der Waals surface area (Å²) in [7, 11) is 0. The first-order valence-electron chi connectivity index (χ1n) is 6.14. The Bertz CT molecular complexity index is 411. The van der Waals surface area contributed by atoms with Gasteiger partial charge in [0.05, 0.1) is 5.56 Å². The molecule has 3 heteroatoms. The van der Waals surface area contributed by atoms with Gasteiger partial charge in [-0.1, -0.05) is 38.2 Å². The van der Waals surface area contributed by atoms with Crippen LogP contribution < -0.4 is 0 Å². The van der Waals surface area contributed by atoms with E-state index in [1.165, 1.54) is 32.1 Å². The van der Waals surface area contributed by atoms with Crippen LogP contribution in [0.5, 0.6) is 0 Å². The third-order valence-electron chi connectivity index (χ3n) is 3.56. The summed E-state index contributed by atoms with van der Waals surface area (Å²) in [5, 5.41) is 0. The van der Waals surface area contributed by atoms with E-state index in [2.05, 4.69) is 15.9 Å². The van der Waals surface area contributed by atoms with E-state index in [0.717, 1.165) is 6.42 Å². The van der Waals surface area contributed by atoms with Crippen molar-refractivity contribution in [2.75, 3.05) is 0 Å². The number of rotatable bonds is 3. The fraction of sp³-hybridized carbons (Fsp3) is 0.500. The van der Waals surface area contributed by atoms with Gasteiger partial charge in [0.1, 0.15) is 5.82 Å². The predicted molar refractivity (Wildman–Crippen MR) is 69.8 cm³/mol. The molecule has 2 rings (SSSR count). The first kappa shape index (κ1) is 12.7. The molecule has 0 spiro atoms. The summed E-state index contributed by atoms with van der Waals surface area (Å²) in [6.45, 7) is 0. The van der Waals surface area contributed by atoms with Crippen molar-refractivity contribution in [2.45, 2.75) is 38.5 Å². The predicted octanol–water partition coefficient (Wildman–Crippen LogP) is 4.52. The van der Waals surface area contributed by atoms with Gasteiger partial charge in [-0.25, -0.2) is 4.39 Å². The van der Waals surface area contributed by atoms with Gasteiger partial charge in [-0.2, -0.15) is 0 Å². The van der Waals surface area contributed by atoms with Crippen LogP contribution in [0.15, 0.2) is 16.6 Å². The maximum absolute atomic E-state index is 14.0. The highest BCUT2D eigenvalue weighted by molar-refractivity contribution is 9.10. The summed E-state index contributed by atoms with van der Waals surface area (Å²) >= 11 is 3.20. The van der Waals surface area contributed by atoms with Gasteiger partial charge >= 0.3 is 0 Å². The minimum atomic E-state index is -0.347. The van der Waals surface area contributed by atoms with E-state index in [9.17, 15) is 9.18 Å². The molecule has 0 unspecified atom stereocenters. The maximum atomic E-state index is 14.0. The maximum Gasteiger partial charge on any atom is 0.154 e. The summed E-state index contributed by atoms with van der Waals surface area (Å²) < 4.78 is 14.6. The van der Waals surface area contributed by atoms with Gasteiger partial charge in [-0.15, -0.1) is 0 Å². The zero-order valence-corrected chi connectivity index (χ0v) is 11.3. The van der Waals surface area contributed by atoms with Crippen molar-refractivity contribution >= 4 is 22.2 Å². The fourth-order valence-electron chi connectivity index (χ4n) is 2.58. The van der Waals surface area contributed by atoms with Crippen molar-refractivity contribution in [2.24, 2.45) is 5.92 Å². The Morgan fingerprint density at radius 2 is 2.00 bits per heavy atom. The summed E-state index contributed by atoms with van der Waals surface area (Å²) in [6.07, 6.45) is 7.53. The molecule has 1 aliphatic carbocycles. The number of hydrogen-bond acceptors (Lipinski definition) is 1. The molecule has 92 valence electrons. The van der Waals surface area contributed by atoms with Crippen LogP contribution in [0.3, 0.4) is 0 Å².